The summed E-state index contributed by atoms with van der Waals surface area (Å²) in [5, 5.41) is 0. The number of rotatable bonds is 5. The van der Waals surface area contributed by atoms with Crippen LogP contribution in [0.5, 0.6) is 0 Å². The van der Waals surface area contributed by atoms with Gasteiger partial charge in [-0.15, -0.1) is 0 Å². The zero-order chi connectivity index (χ0) is 24.8. The molecule has 11 heteroatoms. The Morgan fingerprint density at radius 3 is 2.03 bits per heavy atom. The minimum absolute atomic E-state index is 0. The van der Waals surface area contributed by atoms with E-state index < -0.39 is 47.0 Å². The number of carbonyl (C=O) groups is 1. The van der Waals surface area contributed by atoms with E-state index in [-0.39, 0.29) is 31.2 Å². The second kappa shape index (κ2) is 9.33. The highest BCUT2D eigenvalue weighted by Gasteiger charge is 2.46. The number of anilines is 1. The van der Waals surface area contributed by atoms with E-state index in [1.807, 2.05) is 0 Å². The first-order valence-corrected chi connectivity index (χ1v) is 13.4. The Bertz CT molecular complexity index is 1270. The minimum atomic E-state index is -4.68. The van der Waals surface area contributed by atoms with Gasteiger partial charge in [-0.05, 0) is 68.7 Å². The standard InChI is InChI=1S/C22H24F3NO5S2.CH4/c1-21(2,33(30,31)19-6-4-5-16(13-19)22(23,24)25)15-11-12-26(20(27)14-15)17-7-9-18(10-8-17)32(3,28)29;/h4-10,13,15H,11-12,14H2,1-3H3;1H4/t15-;/m1./s1. The Kier molecular flexibility index (Phi) is 7.64. The molecule has 1 atom stereocenters. The van der Waals surface area contributed by atoms with Crippen molar-refractivity contribution in [3.63, 3.8) is 0 Å². The summed E-state index contributed by atoms with van der Waals surface area (Å²) in [6.07, 6.45) is -3.40. The van der Waals surface area contributed by atoms with Crippen LogP contribution in [0.2, 0.25) is 0 Å². The Balaban J connectivity index is 0.00000408. The highest BCUT2D eigenvalue weighted by molar-refractivity contribution is 7.92. The third kappa shape index (κ3) is 5.30. The van der Waals surface area contributed by atoms with Gasteiger partial charge >= 0.3 is 6.18 Å². The van der Waals surface area contributed by atoms with Crippen LogP contribution in [0, 0.1) is 5.92 Å². The second-order valence-corrected chi connectivity index (χ2v) is 13.2. The van der Waals surface area contributed by atoms with Crippen molar-refractivity contribution in [3.8, 4) is 0 Å². The van der Waals surface area contributed by atoms with Gasteiger partial charge < -0.3 is 4.90 Å². The lowest BCUT2D eigenvalue weighted by molar-refractivity contribution is -0.137. The van der Waals surface area contributed by atoms with Crippen LogP contribution in [0.4, 0.5) is 18.9 Å². The van der Waals surface area contributed by atoms with Crippen molar-refractivity contribution in [1.29, 1.82) is 0 Å². The molecule has 0 aliphatic carbocycles. The second-order valence-electron chi connectivity index (χ2n) is 8.63. The van der Waals surface area contributed by atoms with Gasteiger partial charge in [0.25, 0.3) is 0 Å². The molecule has 0 saturated carbocycles. The van der Waals surface area contributed by atoms with Gasteiger partial charge in [-0.3, -0.25) is 4.79 Å². The molecule has 0 bridgehead atoms. The van der Waals surface area contributed by atoms with Crippen molar-refractivity contribution in [1.82, 2.24) is 0 Å². The van der Waals surface area contributed by atoms with Crippen LogP contribution in [-0.2, 0) is 30.6 Å². The van der Waals surface area contributed by atoms with Crippen molar-refractivity contribution in [3.05, 3.63) is 54.1 Å². The molecule has 2 aromatic rings. The average molecular weight is 520 g/mol. The van der Waals surface area contributed by atoms with Gasteiger partial charge in [0.2, 0.25) is 5.91 Å². The number of benzene rings is 2. The third-order valence-corrected chi connectivity index (χ3v) is 9.87. The lowest BCUT2D eigenvalue weighted by Crippen LogP contribution is -2.48. The van der Waals surface area contributed by atoms with E-state index in [1.165, 1.54) is 43.0 Å². The van der Waals surface area contributed by atoms with Gasteiger partial charge in [-0.2, -0.15) is 13.2 Å². The normalized spacial score (nSPS) is 17.9. The number of hydrogen-bond acceptors (Lipinski definition) is 5. The topological polar surface area (TPSA) is 88.6 Å². The molecule has 0 radical (unpaired) electrons. The molecule has 1 saturated heterocycles. The number of piperidine rings is 1. The Morgan fingerprint density at radius 1 is 0.941 bits per heavy atom. The lowest BCUT2D eigenvalue weighted by atomic mass is 9.85. The van der Waals surface area contributed by atoms with Crippen LogP contribution in [0.1, 0.15) is 39.7 Å². The van der Waals surface area contributed by atoms with Crippen molar-refractivity contribution < 1.29 is 34.8 Å². The largest absolute Gasteiger partial charge is 0.416 e. The van der Waals surface area contributed by atoms with Gasteiger partial charge in [-0.25, -0.2) is 16.8 Å². The fourth-order valence-corrected chi connectivity index (χ4v) is 6.35. The number of nitrogens with zero attached hydrogens (tertiary/aromatic N) is 1. The molecule has 0 spiro atoms. The zero-order valence-corrected chi connectivity index (χ0v) is 19.9. The molecule has 34 heavy (non-hydrogen) atoms. The van der Waals surface area contributed by atoms with Crippen LogP contribution in [-0.4, -0.2) is 40.3 Å². The molecular formula is C23H28F3NO5S2. The van der Waals surface area contributed by atoms with E-state index in [9.17, 15) is 34.8 Å². The van der Waals surface area contributed by atoms with E-state index in [0.29, 0.717) is 18.2 Å². The molecule has 1 aliphatic heterocycles. The van der Waals surface area contributed by atoms with Crippen molar-refractivity contribution >= 4 is 31.3 Å². The maximum atomic E-state index is 13.3. The van der Waals surface area contributed by atoms with E-state index in [1.54, 1.807) is 0 Å². The van der Waals surface area contributed by atoms with Gasteiger partial charge in [0, 0.05) is 24.9 Å². The summed E-state index contributed by atoms with van der Waals surface area (Å²) in [6.45, 7) is 3.05. The third-order valence-electron chi connectivity index (χ3n) is 6.15. The van der Waals surface area contributed by atoms with Crippen molar-refractivity contribution in [2.24, 2.45) is 5.92 Å². The predicted molar refractivity (Wildman–Crippen MR) is 124 cm³/mol. The highest BCUT2D eigenvalue weighted by atomic mass is 32.2. The minimum Gasteiger partial charge on any atom is -0.312 e. The molecule has 0 N–H and O–H groups in total. The van der Waals surface area contributed by atoms with Gasteiger partial charge in [0.1, 0.15) is 0 Å². The average Bonchev–Trinajstić information content (AvgIpc) is 2.72. The fourth-order valence-electron chi connectivity index (χ4n) is 3.94. The molecule has 0 unspecified atom stereocenters. The van der Waals surface area contributed by atoms with Crippen LogP contribution in [0.3, 0.4) is 0 Å². The van der Waals surface area contributed by atoms with E-state index >= 15 is 0 Å². The summed E-state index contributed by atoms with van der Waals surface area (Å²) in [4.78, 5) is 14.0. The summed E-state index contributed by atoms with van der Waals surface area (Å²) in [5.74, 6) is -0.957. The molecule has 188 valence electrons. The van der Waals surface area contributed by atoms with Crippen LogP contribution < -0.4 is 4.90 Å². The van der Waals surface area contributed by atoms with Crippen molar-refractivity contribution in [2.75, 3.05) is 17.7 Å². The lowest BCUT2D eigenvalue weighted by Gasteiger charge is -2.39. The Morgan fingerprint density at radius 2 is 1.53 bits per heavy atom. The molecule has 1 heterocycles. The van der Waals surface area contributed by atoms with Gasteiger partial charge in [0.15, 0.2) is 19.7 Å². The number of halogens is 3. The highest BCUT2D eigenvalue weighted by Crippen LogP contribution is 2.40. The molecule has 1 fully saturated rings. The Labute approximate surface area is 198 Å². The summed E-state index contributed by atoms with van der Waals surface area (Å²) >= 11 is 0. The first-order valence-electron chi connectivity index (χ1n) is 10.1. The molecule has 1 aliphatic rings. The van der Waals surface area contributed by atoms with Crippen molar-refractivity contribution in [2.45, 2.75) is 54.8 Å². The van der Waals surface area contributed by atoms with E-state index in [0.717, 1.165) is 24.5 Å². The SMILES string of the molecule is C.CC(C)([C@@H]1CCN(c2ccc(S(C)(=O)=O)cc2)C(=O)C1)S(=O)(=O)c1cccc(C(F)(F)F)c1. The smallest absolute Gasteiger partial charge is 0.312 e. The van der Waals surface area contributed by atoms with Gasteiger partial charge in [-0.1, -0.05) is 13.5 Å². The predicted octanol–water partition coefficient (Wildman–Crippen LogP) is 4.74. The molecule has 6 nitrogen and oxygen atoms in total. The summed E-state index contributed by atoms with van der Waals surface area (Å²) in [6, 6.07) is 9.43. The zero-order valence-electron chi connectivity index (χ0n) is 18.3. The summed E-state index contributed by atoms with van der Waals surface area (Å²) in [5.41, 5.74) is -0.563. The number of alkyl halides is 3. The maximum absolute atomic E-state index is 13.3. The number of amides is 1. The molecule has 2 aromatic carbocycles. The monoisotopic (exact) mass is 519 g/mol. The van der Waals surface area contributed by atoms with E-state index in [4.69, 9.17) is 0 Å². The Hall–Kier alpha value is -2.40. The molecular weight excluding hydrogens is 491 g/mol. The van der Waals surface area contributed by atoms with E-state index in [2.05, 4.69) is 0 Å². The number of hydrogen-bond donors (Lipinski definition) is 0. The maximum Gasteiger partial charge on any atom is 0.416 e. The quantitative estimate of drug-likeness (QED) is 0.569. The van der Waals surface area contributed by atoms with Crippen LogP contribution >= 0.6 is 0 Å². The number of sulfone groups is 2. The van der Waals surface area contributed by atoms with Crippen LogP contribution in [0.15, 0.2) is 58.3 Å². The summed E-state index contributed by atoms with van der Waals surface area (Å²) in [7, 11) is -7.57. The molecule has 3 rings (SSSR count). The van der Waals surface area contributed by atoms with Crippen LogP contribution in [0.25, 0.3) is 0 Å². The first kappa shape index (κ1) is 27.8. The molecule has 1 amide bonds. The first-order chi connectivity index (χ1) is 15.0. The number of carbonyl (C=O) groups excluding carboxylic acids is 1. The summed E-state index contributed by atoms with van der Waals surface area (Å²) < 4.78 is 87.5. The fraction of sp³-hybridized carbons (Fsp3) is 0.435. The van der Waals surface area contributed by atoms with Gasteiger partial charge in [0.05, 0.1) is 20.1 Å². The molecule has 0 aromatic heterocycles.